The third kappa shape index (κ3) is 4.21. The van der Waals surface area contributed by atoms with Gasteiger partial charge in [0.2, 0.25) is 0 Å². The van der Waals surface area contributed by atoms with Crippen molar-refractivity contribution in [2.75, 3.05) is 6.61 Å². The molecule has 0 saturated heterocycles. The zero-order chi connectivity index (χ0) is 15.2. The summed E-state index contributed by atoms with van der Waals surface area (Å²) in [6, 6.07) is 10.6. The molecular weight excluding hydrogens is 274 g/mol. The molecule has 2 aromatic rings. The van der Waals surface area contributed by atoms with Crippen LogP contribution >= 0.6 is 0 Å². The van der Waals surface area contributed by atoms with Gasteiger partial charge in [0, 0.05) is 8.92 Å². The van der Waals surface area contributed by atoms with Crippen LogP contribution in [0.25, 0.3) is 0 Å². The molecule has 0 unspecified atom stereocenters. The van der Waals surface area contributed by atoms with Gasteiger partial charge in [-0.05, 0) is 36.1 Å². The highest BCUT2D eigenvalue weighted by Gasteiger charge is 2.11. The second kappa shape index (κ2) is 7.10. The van der Waals surface area contributed by atoms with Crippen molar-refractivity contribution in [1.82, 2.24) is 0 Å². The number of rotatable bonds is 6. The van der Waals surface area contributed by atoms with Gasteiger partial charge >= 0.3 is 7.12 Å². The minimum absolute atomic E-state index is 0. The second-order valence-corrected chi connectivity index (χ2v) is 4.49. The fourth-order valence-corrected chi connectivity index (χ4v) is 1.72. The van der Waals surface area contributed by atoms with Crippen LogP contribution < -0.4 is 14.9 Å². The highest BCUT2D eigenvalue weighted by Crippen LogP contribution is 2.26. The van der Waals surface area contributed by atoms with Gasteiger partial charge in [0.05, 0.1) is 6.61 Å². The van der Waals surface area contributed by atoms with Crippen LogP contribution in [0.4, 0.5) is 4.39 Å². The molecule has 0 amide bonds. The Kier molecular flexibility index (Phi) is 5.19. The van der Waals surface area contributed by atoms with Gasteiger partial charge in [-0.25, -0.2) is 4.39 Å². The highest BCUT2D eigenvalue weighted by atomic mass is 19.1. The third-order valence-electron chi connectivity index (χ3n) is 2.78. The molecule has 0 bridgehead atoms. The molecule has 0 spiro atoms. The van der Waals surface area contributed by atoms with E-state index in [2.05, 4.69) is 0 Å². The lowest BCUT2D eigenvalue weighted by atomic mass is 9.80. The van der Waals surface area contributed by atoms with Gasteiger partial charge in [-0.3, -0.25) is 0 Å². The van der Waals surface area contributed by atoms with Crippen LogP contribution in [-0.4, -0.2) is 23.8 Å². The average molecular weight is 294 g/mol. The van der Waals surface area contributed by atoms with E-state index in [1.807, 2.05) is 6.92 Å². The quantitative estimate of drug-likeness (QED) is 0.804. The first-order chi connectivity index (χ1) is 10.1. The van der Waals surface area contributed by atoms with Crippen LogP contribution in [0.2, 0.25) is 0 Å². The first-order valence-electron chi connectivity index (χ1n) is 6.66. The minimum atomic E-state index is -1.52. The predicted octanol–water partition coefficient (Wildman–Crippen LogP) is 2.58. The molecule has 114 valence electrons. The second-order valence-electron chi connectivity index (χ2n) is 4.49. The normalized spacial score (nSPS) is 10.3. The highest BCUT2D eigenvalue weighted by molar-refractivity contribution is 6.58. The third-order valence-corrected chi connectivity index (χ3v) is 2.78. The number of halogens is 1. The molecule has 0 saturated carbocycles. The summed E-state index contributed by atoms with van der Waals surface area (Å²) in [5.74, 6) is 0.529. The Morgan fingerprint density at radius 3 is 2.33 bits per heavy atom. The molecule has 0 aliphatic rings. The zero-order valence-corrected chi connectivity index (χ0v) is 11.6. The van der Waals surface area contributed by atoms with Gasteiger partial charge in [-0.1, -0.05) is 19.1 Å². The van der Waals surface area contributed by atoms with Crippen LogP contribution in [-0.2, 0) is 0 Å². The molecule has 0 atom stereocenters. The van der Waals surface area contributed by atoms with Crippen LogP contribution in [0.3, 0.4) is 0 Å². The van der Waals surface area contributed by atoms with Crippen LogP contribution in [0.15, 0.2) is 42.5 Å². The van der Waals surface area contributed by atoms with Gasteiger partial charge in [0.1, 0.15) is 11.5 Å². The summed E-state index contributed by atoms with van der Waals surface area (Å²) in [6.45, 7) is 2.41. The zero-order valence-electron chi connectivity index (χ0n) is 11.6. The van der Waals surface area contributed by atoms with Crippen LogP contribution in [0.1, 0.15) is 16.2 Å². The first-order valence-corrected chi connectivity index (χ1v) is 6.66. The Bertz CT molecular complexity index is 597. The standard InChI is InChI=1S/C15H16BFO4.2H2/c1-2-9-20-15-8-7-13(10-14(15)17)21-12-5-3-11(4-6-12)16(18)19;;/h3-8,10,18-19H,2,9H2,1H3;2*1H. The Hall–Kier alpha value is -2.05. The monoisotopic (exact) mass is 294 g/mol. The number of hydrogen-bond donors (Lipinski definition) is 2. The summed E-state index contributed by atoms with van der Waals surface area (Å²) in [7, 11) is -1.52. The van der Waals surface area contributed by atoms with E-state index in [0.717, 1.165) is 6.42 Å². The van der Waals surface area contributed by atoms with E-state index in [4.69, 9.17) is 19.5 Å². The van der Waals surface area contributed by atoms with E-state index in [1.165, 1.54) is 24.3 Å². The van der Waals surface area contributed by atoms with Crippen molar-refractivity contribution in [2.45, 2.75) is 13.3 Å². The van der Waals surface area contributed by atoms with E-state index in [0.29, 0.717) is 23.6 Å². The smallest absolute Gasteiger partial charge is 0.488 e. The molecule has 0 aliphatic heterocycles. The molecule has 2 aromatic carbocycles. The van der Waals surface area contributed by atoms with Crippen LogP contribution in [0, 0.1) is 5.82 Å². The maximum absolute atomic E-state index is 13.8. The Morgan fingerprint density at radius 1 is 1.10 bits per heavy atom. The van der Waals surface area contributed by atoms with E-state index in [-0.39, 0.29) is 8.60 Å². The summed E-state index contributed by atoms with van der Waals surface area (Å²) in [5.41, 5.74) is 0.358. The topological polar surface area (TPSA) is 58.9 Å². The minimum Gasteiger partial charge on any atom is -0.491 e. The predicted molar refractivity (Wildman–Crippen MR) is 82.8 cm³/mol. The average Bonchev–Trinajstić information content (AvgIpc) is 2.47. The van der Waals surface area contributed by atoms with E-state index < -0.39 is 12.9 Å². The summed E-state index contributed by atoms with van der Waals surface area (Å²) in [6.07, 6.45) is 0.806. The Morgan fingerprint density at radius 2 is 1.76 bits per heavy atom. The summed E-state index contributed by atoms with van der Waals surface area (Å²) in [5, 5.41) is 18.0. The van der Waals surface area contributed by atoms with Crippen molar-refractivity contribution in [2.24, 2.45) is 0 Å². The van der Waals surface area contributed by atoms with E-state index >= 15 is 0 Å². The fourth-order valence-electron chi connectivity index (χ4n) is 1.72. The van der Waals surface area contributed by atoms with Gasteiger partial charge in [-0.2, -0.15) is 0 Å². The lowest BCUT2D eigenvalue weighted by Crippen LogP contribution is -2.29. The van der Waals surface area contributed by atoms with Crippen molar-refractivity contribution in [3.63, 3.8) is 0 Å². The number of ether oxygens (including phenoxy) is 2. The SMILES string of the molecule is CCCOc1ccc(Oc2ccc(B(O)O)cc2)cc1F.[HH].[HH]. The van der Waals surface area contributed by atoms with E-state index in [9.17, 15) is 4.39 Å². The lowest BCUT2D eigenvalue weighted by Gasteiger charge is -2.09. The van der Waals surface area contributed by atoms with Crippen molar-refractivity contribution in [1.29, 1.82) is 0 Å². The maximum atomic E-state index is 13.8. The molecule has 0 aliphatic carbocycles. The lowest BCUT2D eigenvalue weighted by molar-refractivity contribution is 0.300. The number of benzene rings is 2. The molecular formula is C15H20BFO4. The fraction of sp³-hybridized carbons (Fsp3) is 0.200. The molecule has 6 heteroatoms. The summed E-state index contributed by atoms with van der Waals surface area (Å²) >= 11 is 0. The molecule has 21 heavy (non-hydrogen) atoms. The van der Waals surface area contributed by atoms with Crippen molar-refractivity contribution >= 4 is 12.6 Å². The van der Waals surface area contributed by atoms with Crippen molar-refractivity contribution < 1.29 is 26.8 Å². The molecule has 0 heterocycles. The van der Waals surface area contributed by atoms with Gasteiger partial charge in [0.15, 0.2) is 11.6 Å². The summed E-state index contributed by atoms with van der Waals surface area (Å²) in [4.78, 5) is 0. The maximum Gasteiger partial charge on any atom is 0.488 e. The van der Waals surface area contributed by atoms with Gasteiger partial charge < -0.3 is 19.5 Å². The van der Waals surface area contributed by atoms with Crippen molar-refractivity contribution in [3.8, 4) is 17.2 Å². The van der Waals surface area contributed by atoms with Crippen LogP contribution in [0.5, 0.6) is 17.2 Å². The largest absolute Gasteiger partial charge is 0.491 e. The molecule has 0 aromatic heterocycles. The molecule has 2 N–H and O–H groups in total. The molecule has 2 rings (SSSR count). The molecule has 4 nitrogen and oxygen atoms in total. The van der Waals surface area contributed by atoms with Gasteiger partial charge in [-0.15, -0.1) is 0 Å². The Balaban J connectivity index is 0.00000242. The van der Waals surface area contributed by atoms with Gasteiger partial charge in [0.25, 0.3) is 0 Å². The van der Waals surface area contributed by atoms with Crippen molar-refractivity contribution in [3.05, 3.63) is 48.3 Å². The summed E-state index contributed by atoms with van der Waals surface area (Å²) < 4.78 is 24.5. The van der Waals surface area contributed by atoms with E-state index in [1.54, 1.807) is 18.2 Å². The Labute approximate surface area is 125 Å². The molecule has 0 radical (unpaired) electrons. The number of hydrogen-bond acceptors (Lipinski definition) is 4. The molecule has 0 fully saturated rings. The first kappa shape index (κ1) is 15.3.